The van der Waals surface area contributed by atoms with Gasteiger partial charge in [-0.2, -0.15) is 0 Å². The van der Waals surface area contributed by atoms with Crippen molar-refractivity contribution in [3.05, 3.63) is 35.4 Å². The fraction of sp³-hybridized carbons (Fsp3) is 0.611. The van der Waals surface area contributed by atoms with Crippen molar-refractivity contribution in [2.75, 3.05) is 13.2 Å². The maximum absolute atomic E-state index is 12.0. The maximum Gasteiger partial charge on any atom is 0.315 e. The molecule has 0 aliphatic heterocycles. The molecule has 0 bridgehead atoms. The van der Waals surface area contributed by atoms with Gasteiger partial charge in [0.15, 0.2) is 0 Å². The summed E-state index contributed by atoms with van der Waals surface area (Å²) in [5.74, 6) is 0. The fourth-order valence-corrected chi connectivity index (χ4v) is 3.52. The number of hydrogen-bond acceptors (Lipinski definition) is 3. The first kappa shape index (κ1) is 16.3. The number of aliphatic hydroxyl groups is 1. The SMILES string of the molecule is O=C(NCCCOC1CCCC1)N[C@@H]1c2ccccc2C[C@@H]1O. The van der Waals surface area contributed by atoms with Gasteiger partial charge < -0.3 is 20.5 Å². The molecule has 0 saturated heterocycles. The average Bonchev–Trinajstić information content (AvgIpc) is 3.16. The van der Waals surface area contributed by atoms with Crippen LogP contribution in [0.3, 0.4) is 0 Å². The van der Waals surface area contributed by atoms with Gasteiger partial charge in [0, 0.05) is 19.6 Å². The highest BCUT2D eigenvalue weighted by molar-refractivity contribution is 5.74. The van der Waals surface area contributed by atoms with E-state index in [0.29, 0.717) is 25.7 Å². The molecule has 1 fully saturated rings. The first-order valence-corrected chi connectivity index (χ1v) is 8.66. The van der Waals surface area contributed by atoms with Crippen molar-refractivity contribution in [1.29, 1.82) is 0 Å². The summed E-state index contributed by atoms with van der Waals surface area (Å²) in [7, 11) is 0. The van der Waals surface area contributed by atoms with E-state index in [0.717, 1.165) is 17.5 Å². The van der Waals surface area contributed by atoms with Crippen LogP contribution in [-0.4, -0.2) is 36.5 Å². The van der Waals surface area contributed by atoms with Crippen LogP contribution in [0.2, 0.25) is 0 Å². The van der Waals surface area contributed by atoms with E-state index in [1.54, 1.807) is 0 Å². The molecule has 5 nitrogen and oxygen atoms in total. The molecule has 1 aromatic rings. The molecule has 23 heavy (non-hydrogen) atoms. The van der Waals surface area contributed by atoms with Crippen LogP contribution in [0.1, 0.15) is 49.3 Å². The molecule has 1 saturated carbocycles. The van der Waals surface area contributed by atoms with Gasteiger partial charge in [-0.3, -0.25) is 0 Å². The summed E-state index contributed by atoms with van der Waals surface area (Å²) in [6.07, 6.45) is 6.18. The molecule has 3 rings (SSSR count). The molecule has 2 atom stereocenters. The van der Waals surface area contributed by atoms with E-state index >= 15 is 0 Å². The summed E-state index contributed by atoms with van der Waals surface area (Å²) < 4.78 is 5.77. The van der Waals surface area contributed by atoms with Crippen molar-refractivity contribution in [2.45, 2.75) is 56.8 Å². The maximum atomic E-state index is 12.0. The Balaban J connectivity index is 1.36. The second-order valence-electron chi connectivity index (χ2n) is 6.48. The minimum atomic E-state index is -0.552. The Labute approximate surface area is 137 Å². The number of carbonyl (C=O) groups excluding carboxylic acids is 1. The van der Waals surface area contributed by atoms with Crippen LogP contribution in [-0.2, 0) is 11.2 Å². The number of fused-ring (bicyclic) bond motifs is 1. The quantitative estimate of drug-likeness (QED) is 0.705. The van der Waals surface area contributed by atoms with E-state index in [1.807, 2.05) is 24.3 Å². The topological polar surface area (TPSA) is 70.6 Å². The fourth-order valence-electron chi connectivity index (χ4n) is 3.52. The largest absolute Gasteiger partial charge is 0.390 e. The molecule has 126 valence electrons. The number of nitrogens with one attached hydrogen (secondary N) is 2. The molecular formula is C18H26N2O3. The van der Waals surface area contributed by atoms with Gasteiger partial charge in [0.2, 0.25) is 0 Å². The van der Waals surface area contributed by atoms with Crippen LogP contribution < -0.4 is 10.6 Å². The molecule has 0 spiro atoms. The molecule has 2 aliphatic carbocycles. The first-order valence-electron chi connectivity index (χ1n) is 8.66. The van der Waals surface area contributed by atoms with Gasteiger partial charge in [-0.1, -0.05) is 37.1 Å². The van der Waals surface area contributed by atoms with Gasteiger partial charge in [0.1, 0.15) is 0 Å². The van der Waals surface area contributed by atoms with E-state index < -0.39 is 6.10 Å². The van der Waals surface area contributed by atoms with Crippen LogP contribution in [0.5, 0.6) is 0 Å². The van der Waals surface area contributed by atoms with Gasteiger partial charge in [0.05, 0.1) is 18.2 Å². The van der Waals surface area contributed by atoms with Gasteiger partial charge in [-0.15, -0.1) is 0 Å². The molecule has 0 aromatic heterocycles. The summed E-state index contributed by atoms with van der Waals surface area (Å²) in [6.45, 7) is 1.28. The zero-order valence-corrected chi connectivity index (χ0v) is 13.5. The normalized spacial score (nSPS) is 23.7. The number of carbonyl (C=O) groups is 1. The number of rotatable bonds is 6. The Morgan fingerprint density at radius 3 is 2.87 bits per heavy atom. The molecule has 1 aromatic carbocycles. The van der Waals surface area contributed by atoms with Crippen molar-refractivity contribution in [2.24, 2.45) is 0 Å². The van der Waals surface area contributed by atoms with E-state index in [9.17, 15) is 9.90 Å². The second-order valence-corrected chi connectivity index (χ2v) is 6.48. The highest BCUT2D eigenvalue weighted by Gasteiger charge is 2.31. The number of hydrogen-bond donors (Lipinski definition) is 3. The van der Waals surface area contributed by atoms with Crippen molar-refractivity contribution >= 4 is 6.03 Å². The molecular weight excluding hydrogens is 292 g/mol. The minimum Gasteiger partial charge on any atom is -0.390 e. The van der Waals surface area contributed by atoms with Crippen molar-refractivity contribution in [1.82, 2.24) is 10.6 Å². The molecule has 3 N–H and O–H groups in total. The third kappa shape index (κ3) is 4.24. The van der Waals surface area contributed by atoms with Gasteiger partial charge in [-0.05, 0) is 30.4 Å². The van der Waals surface area contributed by atoms with Crippen molar-refractivity contribution in [3.63, 3.8) is 0 Å². The molecule has 5 heteroatoms. The van der Waals surface area contributed by atoms with E-state index in [2.05, 4.69) is 10.6 Å². The Morgan fingerprint density at radius 2 is 2.04 bits per heavy atom. The van der Waals surface area contributed by atoms with E-state index in [1.165, 1.54) is 25.7 Å². The number of aliphatic hydroxyl groups excluding tert-OH is 1. The smallest absolute Gasteiger partial charge is 0.315 e. The predicted octanol–water partition coefficient (Wildman–Crippen LogP) is 2.29. The van der Waals surface area contributed by atoms with Gasteiger partial charge in [-0.25, -0.2) is 4.79 Å². The van der Waals surface area contributed by atoms with Crippen LogP contribution in [0.15, 0.2) is 24.3 Å². The van der Waals surface area contributed by atoms with E-state index in [-0.39, 0.29) is 12.1 Å². The van der Waals surface area contributed by atoms with Gasteiger partial charge >= 0.3 is 6.03 Å². The second kappa shape index (κ2) is 7.79. The zero-order valence-electron chi connectivity index (χ0n) is 13.5. The zero-order chi connectivity index (χ0) is 16.1. The molecule has 0 heterocycles. The highest BCUT2D eigenvalue weighted by atomic mass is 16.5. The number of urea groups is 1. The number of amides is 2. The Bertz CT molecular complexity index is 529. The first-order chi connectivity index (χ1) is 11.2. The van der Waals surface area contributed by atoms with Crippen LogP contribution in [0, 0.1) is 0 Å². The average molecular weight is 318 g/mol. The standard InChI is InChI=1S/C18H26N2O3/c21-16-12-13-6-1-4-9-15(13)17(16)20-18(22)19-10-5-11-23-14-7-2-3-8-14/h1,4,6,9,14,16-17,21H,2-3,5,7-8,10-12H2,(H2,19,20,22)/t16-,17+/m0/s1. The lowest BCUT2D eigenvalue weighted by Gasteiger charge is -2.18. The summed E-state index contributed by atoms with van der Waals surface area (Å²) in [6, 6.07) is 7.31. The van der Waals surface area contributed by atoms with E-state index in [4.69, 9.17) is 4.74 Å². The summed E-state index contributed by atoms with van der Waals surface area (Å²) >= 11 is 0. The Kier molecular flexibility index (Phi) is 5.51. The third-order valence-corrected chi connectivity index (χ3v) is 4.75. The van der Waals surface area contributed by atoms with Crippen LogP contribution in [0.4, 0.5) is 4.79 Å². The molecule has 0 radical (unpaired) electrons. The number of benzene rings is 1. The summed E-state index contributed by atoms with van der Waals surface area (Å²) in [5.41, 5.74) is 2.12. The lowest BCUT2D eigenvalue weighted by Crippen LogP contribution is -2.41. The Morgan fingerprint density at radius 1 is 1.26 bits per heavy atom. The molecule has 0 unspecified atom stereocenters. The lowest BCUT2D eigenvalue weighted by molar-refractivity contribution is 0.0571. The lowest BCUT2D eigenvalue weighted by atomic mass is 10.1. The number of ether oxygens (including phenoxy) is 1. The third-order valence-electron chi connectivity index (χ3n) is 4.75. The molecule has 2 aliphatic rings. The van der Waals surface area contributed by atoms with Gasteiger partial charge in [0.25, 0.3) is 0 Å². The minimum absolute atomic E-state index is 0.230. The summed E-state index contributed by atoms with van der Waals surface area (Å²) in [4.78, 5) is 12.0. The summed E-state index contributed by atoms with van der Waals surface area (Å²) in [5, 5.41) is 15.8. The molecule has 2 amide bonds. The van der Waals surface area contributed by atoms with Crippen molar-refractivity contribution < 1.29 is 14.6 Å². The van der Waals surface area contributed by atoms with Crippen LogP contribution >= 0.6 is 0 Å². The van der Waals surface area contributed by atoms with Crippen molar-refractivity contribution in [3.8, 4) is 0 Å². The predicted molar refractivity (Wildman–Crippen MR) is 88.3 cm³/mol. The van der Waals surface area contributed by atoms with Crippen LogP contribution in [0.25, 0.3) is 0 Å². The monoisotopic (exact) mass is 318 g/mol. The Hall–Kier alpha value is -1.59. The highest BCUT2D eigenvalue weighted by Crippen LogP contribution is 2.31.